The minimum Gasteiger partial charge on any atom is -0.456 e. The van der Waals surface area contributed by atoms with Crippen LogP contribution < -0.4 is 11.2 Å². The van der Waals surface area contributed by atoms with Gasteiger partial charge in [-0.15, -0.1) is 0 Å². The van der Waals surface area contributed by atoms with Gasteiger partial charge in [-0.2, -0.15) is 0 Å². The van der Waals surface area contributed by atoms with Gasteiger partial charge in [0.1, 0.15) is 12.2 Å². The summed E-state index contributed by atoms with van der Waals surface area (Å²) in [7, 11) is 0. The van der Waals surface area contributed by atoms with Crippen molar-refractivity contribution in [2.45, 2.75) is 31.0 Å². The van der Waals surface area contributed by atoms with Gasteiger partial charge in [-0.25, -0.2) is 23.3 Å². The van der Waals surface area contributed by atoms with Crippen LogP contribution in [0.25, 0.3) is 12.2 Å². The van der Waals surface area contributed by atoms with Crippen molar-refractivity contribution in [2.24, 2.45) is 0 Å². The Balaban J connectivity index is 1.42. The summed E-state index contributed by atoms with van der Waals surface area (Å²) in [5.41, 5.74) is -0.554. The maximum atomic E-state index is 15.4. The van der Waals surface area contributed by atoms with E-state index in [0.717, 1.165) is 30.0 Å². The third-order valence-corrected chi connectivity index (χ3v) is 5.91. The molecule has 0 amide bonds. The molecule has 1 saturated heterocycles. The molecule has 2 heterocycles. The molecule has 12 heteroatoms. The van der Waals surface area contributed by atoms with E-state index in [2.05, 4.69) is 0 Å². The van der Waals surface area contributed by atoms with Gasteiger partial charge in [0.15, 0.2) is 19.6 Å². The quantitative estimate of drug-likeness (QED) is 0.297. The normalized spacial score (nSPS) is 22.5. The molecule has 4 rings (SSSR count). The van der Waals surface area contributed by atoms with E-state index in [1.807, 2.05) is 0 Å². The van der Waals surface area contributed by atoms with Crippen molar-refractivity contribution in [1.82, 2.24) is 9.13 Å². The topological polar surface area (TPSA) is 146 Å². The van der Waals surface area contributed by atoms with Gasteiger partial charge in [0.2, 0.25) is 0 Å². The van der Waals surface area contributed by atoms with Crippen molar-refractivity contribution in [3.63, 3.8) is 0 Å². The number of carbonyl (C=O) groups excluding carboxylic acids is 2. The predicted molar refractivity (Wildman–Crippen MR) is 139 cm³/mol. The number of aromatic nitrogens is 2. The summed E-state index contributed by atoms with van der Waals surface area (Å²) in [6, 6.07) is 18.5. The zero-order valence-electron chi connectivity index (χ0n) is 20.9. The average molecular weight is 553 g/mol. The number of nitrogens with zero attached hydrogens (tertiary/aromatic N) is 2. The lowest BCUT2D eigenvalue weighted by molar-refractivity contribution is -0.215. The third-order valence-electron chi connectivity index (χ3n) is 5.91. The zero-order valence-corrected chi connectivity index (χ0v) is 20.9. The fraction of sp³-hybridized carbons (Fsp3) is 0.214. The standard InChI is InChI=1S/C28H25FN2O9/c29-28(17-38-22(33)13-11-19-7-3-1-4-8-19)25(36)24(35)26(40-28)30-16-15-21(32)31(27(30)37)18-39-23(34)14-12-20-9-5-2-6-10-20/h1-16,24-26,35-36H,17-18H2/b13-11+,14-12+/t24-,25+,26-,28-/m1/s1. The molecule has 1 aliphatic rings. The number of alkyl halides is 1. The fourth-order valence-corrected chi connectivity index (χ4v) is 3.79. The maximum absolute atomic E-state index is 15.4. The average Bonchev–Trinajstić information content (AvgIpc) is 3.19. The van der Waals surface area contributed by atoms with Crippen molar-refractivity contribution in [1.29, 1.82) is 0 Å². The lowest BCUT2D eigenvalue weighted by Crippen LogP contribution is -2.44. The van der Waals surface area contributed by atoms with Gasteiger partial charge < -0.3 is 24.4 Å². The van der Waals surface area contributed by atoms with E-state index in [1.54, 1.807) is 60.7 Å². The first kappa shape index (κ1) is 28.4. The van der Waals surface area contributed by atoms with E-state index in [0.29, 0.717) is 14.7 Å². The Morgan fingerprint density at radius 2 is 1.45 bits per heavy atom. The molecule has 0 saturated carbocycles. The molecule has 1 aliphatic heterocycles. The van der Waals surface area contributed by atoms with Crippen LogP contribution in [0.5, 0.6) is 0 Å². The highest BCUT2D eigenvalue weighted by Gasteiger charge is 2.57. The number of aliphatic hydroxyl groups excluding tert-OH is 2. The highest BCUT2D eigenvalue weighted by Crippen LogP contribution is 2.38. The SMILES string of the molecule is O=C(/C=C/c1ccccc1)OCn1c(=O)ccn([C@@H]2O[C@](F)(COC(=O)/C=C/c3ccccc3)[C@@H](O)[C@H]2O)c1=O. The summed E-state index contributed by atoms with van der Waals surface area (Å²) in [4.78, 5) is 49.3. The molecule has 0 spiro atoms. The molecule has 3 aromatic rings. The van der Waals surface area contributed by atoms with Gasteiger partial charge >= 0.3 is 17.6 Å². The lowest BCUT2D eigenvalue weighted by atomic mass is 10.1. The molecule has 208 valence electrons. The summed E-state index contributed by atoms with van der Waals surface area (Å²) < 4.78 is 31.5. The van der Waals surface area contributed by atoms with Crippen LogP contribution in [0.3, 0.4) is 0 Å². The number of benzene rings is 2. The fourth-order valence-electron chi connectivity index (χ4n) is 3.79. The predicted octanol–water partition coefficient (Wildman–Crippen LogP) is 1.40. The van der Waals surface area contributed by atoms with Crippen molar-refractivity contribution in [3.8, 4) is 0 Å². The first-order chi connectivity index (χ1) is 19.2. The molecular formula is C28H25FN2O9. The van der Waals surface area contributed by atoms with Crippen molar-refractivity contribution in [2.75, 3.05) is 6.61 Å². The molecule has 40 heavy (non-hydrogen) atoms. The lowest BCUT2D eigenvalue weighted by Gasteiger charge is -2.22. The Hall–Kier alpha value is -4.65. The van der Waals surface area contributed by atoms with Gasteiger partial charge in [-0.3, -0.25) is 9.36 Å². The van der Waals surface area contributed by atoms with Crippen LogP contribution in [0.2, 0.25) is 0 Å². The summed E-state index contributed by atoms with van der Waals surface area (Å²) in [5, 5.41) is 20.7. The highest BCUT2D eigenvalue weighted by molar-refractivity contribution is 5.87. The van der Waals surface area contributed by atoms with Crippen LogP contribution in [-0.4, -0.2) is 56.0 Å². The number of rotatable bonds is 9. The van der Waals surface area contributed by atoms with Crippen LogP contribution in [0, 0.1) is 0 Å². The number of hydrogen-bond donors (Lipinski definition) is 2. The maximum Gasteiger partial charge on any atom is 0.335 e. The number of ether oxygens (including phenoxy) is 3. The molecule has 1 fully saturated rings. The number of carbonyl (C=O) groups is 2. The minimum atomic E-state index is -3.07. The first-order valence-electron chi connectivity index (χ1n) is 12.0. The summed E-state index contributed by atoms with van der Waals surface area (Å²) in [5.74, 6) is -4.86. The second-order valence-electron chi connectivity index (χ2n) is 8.69. The molecule has 1 aromatic heterocycles. The molecule has 11 nitrogen and oxygen atoms in total. The van der Waals surface area contributed by atoms with Crippen molar-refractivity contribution >= 4 is 24.1 Å². The first-order valence-corrected chi connectivity index (χ1v) is 12.0. The smallest absolute Gasteiger partial charge is 0.335 e. The van der Waals surface area contributed by atoms with Crippen molar-refractivity contribution in [3.05, 3.63) is 117 Å². The molecule has 4 atom stereocenters. The molecular weight excluding hydrogens is 527 g/mol. The largest absolute Gasteiger partial charge is 0.456 e. The Kier molecular flexibility index (Phi) is 8.84. The van der Waals surface area contributed by atoms with Gasteiger partial charge in [0.25, 0.3) is 11.4 Å². The van der Waals surface area contributed by atoms with Crippen LogP contribution in [0.4, 0.5) is 4.39 Å². The second-order valence-corrected chi connectivity index (χ2v) is 8.69. The minimum absolute atomic E-state index is 0.517. The third kappa shape index (κ3) is 6.67. The molecule has 0 unspecified atom stereocenters. The number of aliphatic hydroxyl groups is 2. The summed E-state index contributed by atoms with van der Waals surface area (Å²) in [6.45, 7) is -1.88. The number of esters is 2. The molecule has 0 radical (unpaired) electrons. The van der Waals surface area contributed by atoms with E-state index >= 15 is 4.39 Å². The van der Waals surface area contributed by atoms with Crippen LogP contribution in [0.15, 0.2) is 94.7 Å². The zero-order chi connectivity index (χ0) is 28.7. The monoisotopic (exact) mass is 552 g/mol. The molecule has 0 aliphatic carbocycles. The highest BCUT2D eigenvalue weighted by atomic mass is 19.2. The molecule has 2 aromatic carbocycles. The molecule has 2 N–H and O–H groups in total. The number of hydrogen-bond acceptors (Lipinski definition) is 9. The van der Waals surface area contributed by atoms with Crippen LogP contribution >= 0.6 is 0 Å². The second kappa shape index (κ2) is 12.5. The van der Waals surface area contributed by atoms with Gasteiger partial charge in [0, 0.05) is 24.4 Å². The Bertz CT molecular complexity index is 1520. The van der Waals surface area contributed by atoms with Gasteiger partial charge in [0.05, 0.1) is 0 Å². The summed E-state index contributed by atoms with van der Waals surface area (Å²) >= 11 is 0. The van der Waals surface area contributed by atoms with E-state index in [-0.39, 0.29) is 0 Å². The summed E-state index contributed by atoms with van der Waals surface area (Å²) in [6.07, 6.45) is -0.000421. The van der Waals surface area contributed by atoms with Crippen LogP contribution in [-0.2, 0) is 30.5 Å². The number of halogens is 1. The Labute approximate surface area is 226 Å². The van der Waals surface area contributed by atoms with Crippen LogP contribution in [0.1, 0.15) is 17.4 Å². The van der Waals surface area contributed by atoms with E-state index < -0.39 is 60.8 Å². The molecule has 0 bridgehead atoms. The van der Waals surface area contributed by atoms with Gasteiger partial charge in [-0.05, 0) is 23.3 Å². The van der Waals surface area contributed by atoms with E-state index in [4.69, 9.17) is 14.2 Å². The van der Waals surface area contributed by atoms with Gasteiger partial charge in [-0.1, -0.05) is 60.7 Å². The van der Waals surface area contributed by atoms with E-state index in [9.17, 15) is 29.4 Å². The Morgan fingerprint density at radius 1 is 0.900 bits per heavy atom. The van der Waals surface area contributed by atoms with E-state index in [1.165, 1.54) is 12.2 Å². The van der Waals surface area contributed by atoms with Crippen molar-refractivity contribution < 1.29 is 38.4 Å². The Morgan fingerprint density at radius 3 is 2.02 bits per heavy atom.